The van der Waals surface area contributed by atoms with Gasteiger partial charge in [-0.15, -0.1) is 0 Å². The Bertz CT molecular complexity index is 427. The van der Waals surface area contributed by atoms with Gasteiger partial charge in [0, 0.05) is 19.2 Å². The second kappa shape index (κ2) is 6.53. The summed E-state index contributed by atoms with van der Waals surface area (Å²) in [5, 5.41) is 3.96. The van der Waals surface area contributed by atoms with E-state index in [2.05, 4.69) is 29.1 Å². The Morgan fingerprint density at radius 3 is 2.84 bits per heavy atom. The molecule has 4 nitrogen and oxygen atoms in total. The van der Waals surface area contributed by atoms with Gasteiger partial charge in [-0.25, -0.2) is 9.97 Å². The van der Waals surface area contributed by atoms with Crippen molar-refractivity contribution in [2.24, 2.45) is 11.8 Å². The third-order valence-electron chi connectivity index (χ3n) is 3.78. The van der Waals surface area contributed by atoms with Gasteiger partial charge in [0.05, 0.1) is 0 Å². The summed E-state index contributed by atoms with van der Waals surface area (Å²) < 4.78 is 5.05. The highest BCUT2D eigenvalue weighted by Gasteiger charge is 2.25. The second-order valence-corrected chi connectivity index (χ2v) is 5.96. The molecule has 106 valence electrons. The molecule has 3 unspecified atom stereocenters. The number of halogens is 1. The molecule has 1 heterocycles. The average Bonchev–Trinajstić information content (AvgIpc) is 2.32. The van der Waals surface area contributed by atoms with Crippen LogP contribution in [0.15, 0.2) is 6.07 Å². The fourth-order valence-electron chi connectivity index (χ4n) is 2.80. The number of nitrogens with one attached hydrogen (secondary N) is 1. The van der Waals surface area contributed by atoms with Crippen LogP contribution in [0.5, 0.6) is 0 Å². The standard InChI is InChI=1S/C14H22ClN3O/c1-9-4-5-11(10(2)6-9)16-13-7-12(15)17-14(18-13)8-19-3/h7,9-11H,4-6,8H2,1-3H3,(H,16,17,18). The molecule has 0 saturated heterocycles. The van der Waals surface area contributed by atoms with Gasteiger partial charge in [0.25, 0.3) is 0 Å². The highest BCUT2D eigenvalue weighted by Crippen LogP contribution is 2.30. The monoisotopic (exact) mass is 283 g/mol. The summed E-state index contributed by atoms with van der Waals surface area (Å²) in [5.74, 6) is 2.90. The lowest BCUT2D eigenvalue weighted by Crippen LogP contribution is -2.33. The number of rotatable bonds is 4. The van der Waals surface area contributed by atoms with Crippen molar-refractivity contribution in [3.8, 4) is 0 Å². The number of hydrogen-bond donors (Lipinski definition) is 1. The molecule has 1 aliphatic rings. The van der Waals surface area contributed by atoms with Gasteiger partial charge in [-0.2, -0.15) is 0 Å². The summed E-state index contributed by atoms with van der Waals surface area (Å²) in [7, 11) is 1.63. The summed E-state index contributed by atoms with van der Waals surface area (Å²) in [5.41, 5.74) is 0. The fraction of sp³-hybridized carbons (Fsp3) is 0.714. The molecule has 0 bridgehead atoms. The van der Waals surface area contributed by atoms with E-state index in [0.29, 0.717) is 29.5 Å². The molecule has 1 aromatic rings. The summed E-state index contributed by atoms with van der Waals surface area (Å²) >= 11 is 6.02. The van der Waals surface area contributed by atoms with E-state index in [4.69, 9.17) is 16.3 Å². The predicted octanol–water partition coefficient (Wildman–Crippen LogP) is 3.51. The zero-order valence-corrected chi connectivity index (χ0v) is 12.6. The van der Waals surface area contributed by atoms with Crippen LogP contribution in [0.3, 0.4) is 0 Å². The molecule has 0 spiro atoms. The van der Waals surface area contributed by atoms with Crippen molar-refractivity contribution < 1.29 is 4.74 Å². The molecule has 5 heteroatoms. The zero-order valence-electron chi connectivity index (χ0n) is 11.8. The normalized spacial score (nSPS) is 27.3. The molecule has 1 aliphatic carbocycles. The molecule has 0 aromatic carbocycles. The number of ether oxygens (including phenoxy) is 1. The van der Waals surface area contributed by atoms with Crippen LogP contribution in [0.2, 0.25) is 5.15 Å². The van der Waals surface area contributed by atoms with E-state index < -0.39 is 0 Å². The van der Waals surface area contributed by atoms with Gasteiger partial charge in [-0.1, -0.05) is 25.4 Å². The highest BCUT2D eigenvalue weighted by atomic mass is 35.5. The van der Waals surface area contributed by atoms with E-state index in [1.54, 1.807) is 13.2 Å². The van der Waals surface area contributed by atoms with Crippen LogP contribution in [0.4, 0.5) is 5.82 Å². The van der Waals surface area contributed by atoms with Crippen LogP contribution < -0.4 is 5.32 Å². The maximum atomic E-state index is 6.02. The highest BCUT2D eigenvalue weighted by molar-refractivity contribution is 6.29. The first-order valence-corrected chi connectivity index (χ1v) is 7.25. The van der Waals surface area contributed by atoms with Gasteiger partial charge in [0.2, 0.25) is 0 Å². The molecule has 2 rings (SSSR count). The Balaban J connectivity index is 2.05. The first-order valence-electron chi connectivity index (χ1n) is 6.87. The molecule has 1 aromatic heterocycles. The number of methoxy groups -OCH3 is 1. The van der Waals surface area contributed by atoms with Gasteiger partial charge >= 0.3 is 0 Å². The number of aromatic nitrogens is 2. The Hall–Kier alpha value is -0.870. The van der Waals surface area contributed by atoms with Crippen LogP contribution >= 0.6 is 11.6 Å². The molecule has 1 fully saturated rings. The first kappa shape index (κ1) is 14.5. The molecule has 0 amide bonds. The largest absolute Gasteiger partial charge is 0.377 e. The summed E-state index contributed by atoms with van der Waals surface area (Å²) in [6.45, 7) is 5.00. The maximum absolute atomic E-state index is 6.02. The lowest BCUT2D eigenvalue weighted by molar-refractivity contribution is 0.178. The molecular weight excluding hydrogens is 262 g/mol. The Kier molecular flexibility index (Phi) is 4.99. The molecule has 1 N–H and O–H groups in total. The first-order chi connectivity index (χ1) is 9.08. The smallest absolute Gasteiger partial charge is 0.158 e. The summed E-state index contributed by atoms with van der Waals surface area (Å²) in [6, 6.07) is 2.25. The third-order valence-corrected chi connectivity index (χ3v) is 3.97. The maximum Gasteiger partial charge on any atom is 0.158 e. The van der Waals surface area contributed by atoms with E-state index >= 15 is 0 Å². The van der Waals surface area contributed by atoms with Crippen molar-refractivity contribution in [1.82, 2.24) is 9.97 Å². The number of anilines is 1. The van der Waals surface area contributed by atoms with Crippen molar-refractivity contribution >= 4 is 17.4 Å². The van der Waals surface area contributed by atoms with Gasteiger partial charge in [0.15, 0.2) is 5.82 Å². The van der Waals surface area contributed by atoms with Crippen LogP contribution in [0, 0.1) is 11.8 Å². The molecule has 3 atom stereocenters. The average molecular weight is 284 g/mol. The summed E-state index contributed by atoms with van der Waals surface area (Å²) in [6.07, 6.45) is 3.72. The molecule has 19 heavy (non-hydrogen) atoms. The molecule has 1 saturated carbocycles. The minimum absolute atomic E-state index is 0.381. The second-order valence-electron chi connectivity index (χ2n) is 5.57. The van der Waals surface area contributed by atoms with Crippen molar-refractivity contribution in [1.29, 1.82) is 0 Å². The molecule has 0 aliphatic heterocycles. The topological polar surface area (TPSA) is 47.0 Å². The SMILES string of the molecule is COCc1nc(Cl)cc(NC2CCC(C)CC2C)n1. The van der Waals surface area contributed by atoms with Crippen LogP contribution in [-0.4, -0.2) is 23.1 Å². The van der Waals surface area contributed by atoms with E-state index in [-0.39, 0.29) is 0 Å². The lowest BCUT2D eigenvalue weighted by atomic mass is 9.80. The van der Waals surface area contributed by atoms with Gasteiger partial charge in [-0.3, -0.25) is 0 Å². The van der Waals surface area contributed by atoms with E-state index in [1.807, 2.05) is 0 Å². The minimum Gasteiger partial charge on any atom is -0.377 e. The third kappa shape index (κ3) is 4.05. The van der Waals surface area contributed by atoms with Crippen molar-refractivity contribution in [3.63, 3.8) is 0 Å². The van der Waals surface area contributed by atoms with Crippen LogP contribution in [0.1, 0.15) is 38.9 Å². The van der Waals surface area contributed by atoms with E-state index in [9.17, 15) is 0 Å². The number of hydrogen-bond acceptors (Lipinski definition) is 4. The lowest BCUT2D eigenvalue weighted by Gasteiger charge is -2.33. The molecule has 0 radical (unpaired) electrons. The van der Waals surface area contributed by atoms with Crippen LogP contribution in [0.25, 0.3) is 0 Å². The Morgan fingerprint density at radius 1 is 1.37 bits per heavy atom. The zero-order chi connectivity index (χ0) is 13.8. The minimum atomic E-state index is 0.381. The quantitative estimate of drug-likeness (QED) is 0.859. The van der Waals surface area contributed by atoms with E-state index in [1.165, 1.54) is 19.3 Å². The van der Waals surface area contributed by atoms with E-state index in [0.717, 1.165) is 11.7 Å². The fourth-order valence-corrected chi connectivity index (χ4v) is 3.00. The molecular formula is C14H22ClN3O. The van der Waals surface area contributed by atoms with Crippen molar-refractivity contribution in [2.45, 2.75) is 45.8 Å². The van der Waals surface area contributed by atoms with Gasteiger partial charge < -0.3 is 10.1 Å². The predicted molar refractivity (Wildman–Crippen MR) is 77.3 cm³/mol. The van der Waals surface area contributed by atoms with Gasteiger partial charge in [-0.05, 0) is 31.1 Å². The van der Waals surface area contributed by atoms with Crippen LogP contribution in [-0.2, 0) is 11.3 Å². The van der Waals surface area contributed by atoms with Crippen molar-refractivity contribution in [3.05, 3.63) is 17.0 Å². The number of nitrogens with zero attached hydrogens (tertiary/aromatic N) is 2. The van der Waals surface area contributed by atoms with Crippen molar-refractivity contribution in [2.75, 3.05) is 12.4 Å². The summed E-state index contributed by atoms with van der Waals surface area (Å²) in [4.78, 5) is 8.58. The van der Waals surface area contributed by atoms with Gasteiger partial charge in [0.1, 0.15) is 17.6 Å². The Labute approximate surface area is 119 Å². The Morgan fingerprint density at radius 2 is 2.16 bits per heavy atom.